The molecule has 1 saturated heterocycles. The number of ether oxygens (including phenoxy) is 1. The van der Waals surface area contributed by atoms with Crippen molar-refractivity contribution in [2.75, 3.05) is 33.3 Å². The van der Waals surface area contributed by atoms with E-state index in [4.69, 9.17) is 4.74 Å². The van der Waals surface area contributed by atoms with Crippen LogP contribution in [-0.4, -0.2) is 55.1 Å². The molecule has 2 rings (SSSR count). The van der Waals surface area contributed by atoms with Crippen molar-refractivity contribution in [3.05, 3.63) is 39.4 Å². The van der Waals surface area contributed by atoms with E-state index in [0.717, 1.165) is 6.54 Å². The van der Waals surface area contributed by atoms with Crippen LogP contribution in [-0.2, 0) is 4.74 Å². The van der Waals surface area contributed by atoms with E-state index >= 15 is 0 Å². The number of aryl methyl sites for hydroxylation is 1. The fraction of sp³-hybridized carbons (Fsp3) is 0.500. The lowest BCUT2D eigenvalue weighted by atomic mass is 10.1. The van der Waals surface area contributed by atoms with Gasteiger partial charge in [0.25, 0.3) is 11.6 Å². The highest BCUT2D eigenvalue weighted by Crippen LogP contribution is 2.20. The number of likely N-dealkylation sites (N-methyl/N-ethyl adjacent to an activating group) is 1. The number of rotatable bonds is 4. The van der Waals surface area contributed by atoms with E-state index in [1.54, 1.807) is 26.1 Å². The third-order valence-corrected chi connectivity index (χ3v) is 3.48. The van der Waals surface area contributed by atoms with E-state index in [1.807, 2.05) is 0 Å². The predicted octanol–water partition coefficient (Wildman–Crippen LogP) is 0.964. The summed E-state index contributed by atoms with van der Waals surface area (Å²) in [6, 6.07) is 4.53. The molecule has 1 aliphatic rings. The van der Waals surface area contributed by atoms with Crippen molar-refractivity contribution >= 4 is 11.6 Å². The van der Waals surface area contributed by atoms with Gasteiger partial charge in [-0.2, -0.15) is 0 Å². The largest absolute Gasteiger partial charge is 0.374 e. The summed E-state index contributed by atoms with van der Waals surface area (Å²) in [4.78, 5) is 24.3. The molecule has 7 nitrogen and oxygen atoms in total. The van der Waals surface area contributed by atoms with E-state index in [9.17, 15) is 14.9 Å². The molecule has 0 aliphatic carbocycles. The number of hydrogen-bond donors (Lipinski definition) is 1. The van der Waals surface area contributed by atoms with Gasteiger partial charge in [0, 0.05) is 43.9 Å². The lowest BCUT2D eigenvalue weighted by Crippen LogP contribution is -2.45. The summed E-state index contributed by atoms with van der Waals surface area (Å²) < 4.78 is 5.55. The van der Waals surface area contributed by atoms with Crippen LogP contribution in [0.25, 0.3) is 0 Å². The highest BCUT2D eigenvalue weighted by atomic mass is 16.6. The van der Waals surface area contributed by atoms with Crippen molar-refractivity contribution in [3.63, 3.8) is 0 Å². The summed E-state index contributed by atoms with van der Waals surface area (Å²) in [5, 5.41) is 14.1. The van der Waals surface area contributed by atoms with E-state index in [-0.39, 0.29) is 17.7 Å². The highest BCUT2D eigenvalue weighted by molar-refractivity contribution is 5.94. The number of nitro groups is 1. The molecule has 1 atom stereocenters. The number of carbonyl (C=O) groups excluding carboxylic acids is 1. The van der Waals surface area contributed by atoms with E-state index in [0.29, 0.717) is 30.8 Å². The predicted molar refractivity (Wildman–Crippen MR) is 77.4 cm³/mol. The van der Waals surface area contributed by atoms with E-state index < -0.39 is 4.92 Å². The fourth-order valence-electron chi connectivity index (χ4n) is 2.28. The maximum Gasteiger partial charge on any atom is 0.273 e. The van der Waals surface area contributed by atoms with E-state index in [2.05, 4.69) is 5.32 Å². The van der Waals surface area contributed by atoms with Crippen molar-refractivity contribution in [1.29, 1.82) is 0 Å². The zero-order valence-electron chi connectivity index (χ0n) is 12.2. The average molecular weight is 293 g/mol. The Morgan fingerprint density at radius 2 is 2.33 bits per heavy atom. The first-order valence-electron chi connectivity index (χ1n) is 6.82. The van der Waals surface area contributed by atoms with Crippen LogP contribution in [0.2, 0.25) is 0 Å². The normalized spacial score (nSPS) is 18.3. The van der Waals surface area contributed by atoms with Gasteiger partial charge in [0.2, 0.25) is 0 Å². The summed E-state index contributed by atoms with van der Waals surface area (Å²) in [5.74, 6) is -0.243. The Kier molecular flexibility index (Phi) is 4.87. The molecule has 114 valence electrons. The molecule has 1 aromatic carbocycles. The van der Waals surface area contributed by atoms with Crippen molar-refractivity contribution in [1.82, 2.24) is 10.2 Å². The molecule has 21 heavy (non-hydrogen) atoms. The number of nitrogens with zero attached hydrogens (tertiary/aromatic N) is 2. The Morgan fingerprint density at radius 1 is 1.57 bits per heavy atom. The zero-order chi connectivity index (χ0) is 15.4. The van der Waals surface area contributed by atoms with Crippen molar-refractivity contribution in [2.45, 2.75) is 13.0 Å². The molecule has 0 radical (unpaired) electrons. The van der Waals surface area contributed by atoms with Crippen molar-refractivity contribution < 1.29 is 14.5 Å². The summed E-state index contributed by atoms with van der Waals surface area (Å²) in [6.45, 7) is 4.25. The number of benzene rings is 1. The number of nitrogens with one attached hydrogen (secondary N) is 1. The molecule has 0 spiro atoms. The minimum Gasteiger partial charge on any atom is -0.374 e. The molecular formula is C14H19N3O4. The first-order valence-corrected chi connectivity index (χ1v) is 6.82. The Morgan fingerprint density at radius 3 is 2.95 bits per heavy atom. The average Bonchev–Trinajstić information content (AvgIpc) is 2.47. The van der Waals surface area contributed by atoms with Crippen LogP contribution in [0.15, 0.2) is 18.2 Å². The highest BCUT2D eigenvalue weighted by Gasteiger charge is 2.21. The number of carbonyl (C=O) groups is 1. The van der Waals surface area contributed by atoms with Crippen LogP contribution in [0.4, 0.5) is 5.69 Å². The van der Waals surface area contributed by atoms with Gasteiger partial charge in [0.05, 0.1) is 17.6 Å². The molecule has 1 aromatic rings. The molecule has 0 aromatic heterocycles. The Bertz CT molecular complexity index is 541. The van der Waals surface area contributed by atoms with Crippen LogP contribution >= 0.6 is 0 Å². The van der Waals surface area contributed by atoms with Gasteiger partial charge in [-0.05, 0) is 13.0 Å². The van der Waals surface area contributed by atoms with Crippen LogP contribution in [0.3, 0.4) is 0 Å². The molecule has 7 heteroatoms. The maximum absolute atomic E-state index is 12.3. The number of hydrogen-bond acceptors (Lipinski definition) is 5. The third-order valence-electron chi connectivity index (χ3n) is 3.48. The van der Waals surface area contributed by atoms with Crippen molar-refractivity contribution in [2.24, 2.45) is 0 Å². The minimum absolute atomic E-state index is 0.0372. The van der Waals surface area contributed by atoms with Gasteiger partial charge >= 0.3 is 0 Å². The second-order valence-electron chi connectivity index (χ2n) is 5.14. The van der Waals surface area contributed by atoms with Gasteiger partial charge in [-0.15, -0.1) is 0 Å². The van der Waals surface area contributed by atoms with E-state index in [1.165, 1.54) is 11.0 Å². The summed E-state index contributed by atoms with van der Waals surface area (Å²) in [6.07, 6.45) is -0.0480. The molecule has 1 aliphatic heterocycles. The minimum atomic E-state index is -0.472. The summed E-state index contributed by atoms with van der Waals surface area (Å²) >= 11 is 0. The maximum atomic E-state index is 12.3. The molecule has 0 bridgehead atoms. The summed E-state index contributed by atoms with van der Waals surface area (Å²) in [7, 11) is 1.67. The van der Waals surface area contributed by atoms with Gasteiger partial charge in [-0.1, -0.05) is 6.07 Å². The lowest BCUT2D eigenvalue weighted by Gasteiger charge is -2.28. The standard InChI is InChI=1S/C14H19N3O4/c1-10-3-4-11(7-13(10)17(19)20)14(18)16(2)9-12-8-15-5-6-21-12/h3-4,7,12,15H,5-6,8-9H2,1-2H3. The zero-order valence-corrected chi connectivity index (χ0v) is 12.2. The van der Waals surface area contributed by atoms with Gasteiger partial charge in [-0.25, -0.2) is 0 Å². The first kappa shape index (κ1) is 15.4. The molecule has 1 unspecified atom stereocenters. The quantitative estimate of drug-likeness (QED) is 0.660. The molecule has 1 heterocycles. The van der Waals surface area contributed by atoms with Crippen LogP contribution in [0, 0.1) is 17.0 Å². The molecule has 0 saturated carbocycles. The number of amides is 1. The van der Waals surface area contributed by atoms with Gasteiger partial charge in [0.15, 0.2) is 0 Å². The smallest absolute Gasteiger partial charge is 0.273 e. The Labute approximate surface area is 123 Å². The number of nitro benzene ring substituents is 1. The van der Waals surface area contributed by atoms with Crippen LogP contribution in [0.5, 0.6) is 0 Å². The SMILES string of the molecule is Cc1ccc(C(=O)N(C)CC2CNCCO2)cc1[N+](=O)[O-]. The number of morpholine rings is 1. The fourth-order valence-corrected chi connectivity index (χ4v) is 2.28. The van der Waals surface area contributed by atoms with Crippen LogP contribution in [0.1, 0.15) is 15.9 Å². The first-order chi connectivity index (χ1) is 9.99. The molecule has 1 N–H and O–H groups in total. The topological polar surface area (TPSA) is 84.7 Å². The third kappa shape index (κ3) is 3.77. The lowest BCUT2D eigenvalue weighted by molar-refractivity contribution is -0.385. The second-order valence-corrected chi connectivity index (χ2v) is 5.14. The molecule has 1 amide bonds. The Balaban J connectivity index is 2.08. The Hall–Kier alpha value is -1.99. The molecule has 1 fully saturated rings. The van der Waals surface area contributed by atoms with Gasteiger partial charge < -0.3 is 15.0 Å². The van der Waals surface area contributed by atoms with Crippen molar-refractivity contribution in [3.8, 4) is 0 Å². The molecular weight excluding hydrogens is 274 g/mol. The summed E-state index contributed by atoms with van der Waals surface area (Å²) in [5.41, 5.74) is 0.822. The monoisotopic (exact) mass is 293 g/mol. The van der Waals surface area contributed by atoms with Gasteiger partial charge in [-0.3, -0.25) is 14.9 Å². The van der Waals surface area contributed by atoms with Gasteiger partial charge in [0.1, 0.15) is 0 Å². The van der Waals surface area contributed by atoms with Crippen LogP contribution < -0.4 is 5.32 Å². The second kappa shape index (κ2) is 6.64.